The van der Waals surface area contributed by atoms with E-state index in [2.05, 4.69) is 31.3 Å². The van der Waals surface area contributed by atoms with E-state index >= 15 is 0 Å². The van der Waals surface area contributed by atoms with Crippen molar-refractivity contribution in [2.24, 2.45) is 0 Å². The number of carbonyl (C=O) groups excluding carboxylic acids is 1. The van der Waals surface area contributed by atoms with Gasteiger partial charge in [0.15, 0.2) is 0 Å². The molecule has 0 spiro atoms. The van der Waals surface area contributed by atoms with Gasteiger partial charge in [-0.25, -0.2) is 4.39 Å². The van der Waals surface area contributed by atoms with Crippen molar-refractivity contribution in [3.05, 3.63) is 71.0 Å². The summed E-state index contributed by atoms with van der Waals surface area (Å²) >= 11 is 0. The Hall–Kier alpha value is -2.00. The molecule has 1 heterocycles. The minimum atomic E-state index is -0.307. The van der Waals surface area contributed by atoms with Crippen LogP contribution >= 0.6 is 0 Å². The number of hydrogen-bond donors (Lipinski definition) is 0. The molecule has 0 radical (unpaired) electrons. The Balaban J connectivity index is 1.75. The van der Waals surface area contributed by atoms with E-state index in [0.29, 0.717) is 16.6 Å². The Kier molecular flexibility index (Phi) is 3.60. The van der Waals surface area contributed by atoms with Crippen LogP contribution in [0.4, 0.5) is 4.39 Å². The van der Waals surface area contributed by atoms with Crippen LogP contribution in [-0.4, -0.2) is 30.4 Å². The summed E-state index contributed by atoms with van der Waals surface area (Å²) in [6, 6.07) is 14.3. The van der Waals surface area contributed by atoms with Crippen molar-refractivity contribution in [2.75, 3.05) is 20.1 Å². The predicted molar refractivity (Wildman–Crippen MR) is 80.5 cm³/mol. The second-order valence-electron chi connectivity index (χ2n) is 6.11. The Morgan fingerprint density at radius 3 is 2.48 bits per heavy atom. The van der Waals surface area contributed by atoms with Gasteiger partial charge in [-0.05, 0) is 29.8 Å². The van der Waals surface area contributed by atoms with E-state index in [1.807, 2.05) is 0 Å². The Labute approximate surface area is 124 Å². The molecule has 0 N–H and O–H groups in total. The number of benzene rings is 2. The fourth-order valence-electron chi connectivity index (χ4n) is 3.05. The average molecular weight is 284 g/mol. The molecule has 3 heteroatoms. The highest BCUT2D eigenvalue weighted by molar-refractivity contribution is 5.96. The highest BCUT2D eigenvalue weighted by Crippen LogP contribution is 2.23. The molecular formula is C18H19FNO+. The van der Waals surface area contributed by atoms with E-state index in [-0.39, 0.29) is 11.6 Å². The molecule has 2 aromatic rings. The first-order valence-electron chi connectivity index (χ1n) is 7.25. The first kappa shape index (κ1) is 14.0. The lowest BCUT2D eigenvalue weighted by Gasteiger charge is -2.38. The number of quaternary nitrogens is 1. The van der Waals surface area contributed by atoms with Crippen molar-refractivity contribution < 1.29 is 13.7 Å². The van der Waals surface area contributed by atoms with Gasteiger partial charge in [0.2, 0.25) is 5.78 Å². The lowest BCUT2D eigenvalue weighted by atomic mass is 9.97. The number of halogens is 1. The van der Waals surface area contributed by atoms with E-state index < -0.39 is 0 Å². The summed E-state index contributed by atoms with van der Waals surface area (Å²) in [6.45, 7) is 2.30. The van der Waals surface area contributed by atoms with Gasteiger partial charge in [0.05, 0.1) is 13.6 Å². The molecule has 2 aromatic carbocycles. The Morgan fingerprint density at radius 1 is 1.10 bits per heavy atom. The summed E-state index contributed by atoms with van der Waals surface area (Å²) in [6.07, 6.45) is 1.00. The zero-order valence-electron chi connectivity index (χ0n) is 12.2. The normalized spacial score (nSPS) is 20.9. The molecule has 2 nitrogen and oxygen atoms in total. The summed E-state index contributed by atoms with van der Waals surface area (Å²) < 4.78 is 13.6. The monoisotopic (exact) mass is 284 g/mol. The number of Topliss-reactive ketones (excluding diaryl/α,β-unsaturated/α-hetero) is 1. The van der Waals surface area contributed by atoms with E-state index in [4.69, 9.17) is 0 Å². The summed E-state index contributed by atoms with van der Waals surface area (Å²) in [5.74, 6) is -0.226. The number of hydrogen-bond acceptors (Lipinski definition) is 1. The second-order valence-corrected chi connectivity index (χ2v) is 6.11. The highest BCUT2D eigenvalue weighted by atomic mass is 19.1. The number of nitrogens with zero attached hydrogens (tertiary/aromatic N) is 1. The topological polar surface area (TPSA) is 17.1 Å². The molecule has 108 valence electrons. The molecule has 0 saturated carbocycles. The van der Waals surface area contributed by atoms with Crippen LogP contribution in [0.5, 0.6) is 0 Å². The minimum absolute atomic E-state index is 0.0804. The molecule has 0 fully saturated rings. The van der Waals surface area contributed by atoms with Crippen LogP contribution in [0, 0.1) is 5.82 Å². The van der Waals surface area contributed by atoms with Crippen LogP contribution < -0.4 is 0 Å². The number of likely N-dealkylation sites (N-methyl/N-ethyl adjacent to an activating group) is 1. The molecule has 1 aliphatic heterocycles. The number of ketones is 1. The molecular weight excluding hydrogens is 265 g/mol. The summed E-state index contributed by atoms with van der Waals surface area (Å²) in [5, 5.41) is 0. The number of fused-ring (bicyclic) bond motifs is 1. The fourth-order valence-corrected chi connectivity index (χ4v) is 3.05. The van der Waals surface area contributed by atoms with Crippen LogP contribution in [0.25, 0.3) is 0 Å². The summed E-state index contributed by atoms with van der Waals surface area (Å²) in [4.78, 5) is 12.4. The van der Waals surface area contributed by atoms with Crippen LogP contribution in [-0.2, 0) is 13.0 Å². The minimum Gasteiger partial charge on any atom is -0.316 e. The third-order valence-electron chi connectivity index (χ3n) is 4.28. The first-order chi connectivity index (χ1) is 10.1. The molecule has 0 amide bonds. The largest absolute Gasteiger partial charge is 0.316 e. The first-order valence-corrected chi connectivity index (χ1v) is 7.25. The van der Waals surface area contributed by atoms with Gasteiger partial charge < -0.3 is 4.48 Å². The smallest absolute Gasteiger partial charge is 0.216 e. The molecule has 21 heavy (non-hydrogen) atoms. The lowest BCUT2D eigenvalue weighted by Crippen LogP contribution is -2.50. The van der Waals surface area contributed by atoms with Crippen molar-refractivity contribution in [3.8, 4) is 0 Å². The van der Waals surface area contributed by atoms with Gasteiger partial charge in [-0.15, -0.1) is 0 Å². The lowest BCUT2D eigenvalue weighted by molar-refractivity contribution is -0.916. The molecule has 0 aromatic heterocycles. The van der Waals surface area contributed by atoms with Crippen molar-refractivity contribution in [2.45, 2.75) is 13.0 Å². The van der Waals surface area contributed by atoms with E-state index in [1.54, 1.807) is 12.1 Å². The average Bonchev–Trinajstić information content (AvgIpc) is 2.47. The van der Waals surface area contributed by atoms with E-state index in [0.717, 1.165) is 19.5 Å². The molecule has 0 aliphatic carbocycles. The molecule has 0 saturated heterocycles. The van der Waals surface area contributed by atoms with Gasteiger partial charge in [0.25, 0.3) is 0 Å². The maximum atomic E-state index is 12.9. The zero-order valence-corrected chi connectivity index (χ0v) is 12.2. The quantitative estimate of drug-likeness (QED) is 0.625. The Bertz CT molecular complexity index is 665. The zero-order chi connectivity index (χ0) is 14.9. The molecule has 3 rings (SSSR count). The summed E-state index contributed by atoms with van der Waals surface area (Å²) in [5.41, 5.74) is 3.31. The number of carbonyl (C=O) groups is 1. The number of rotatable bonds is 3. The van der Waals surface area contributed by atoms with Crippen LogP contribution in [0.1, 0.15) is 21.5 Å². The third kappa shape index (κ3) is 3.03. The highest BCUT2D eigenvalue weighted by Gasteiger charge is 2.30. The van der Waals surface area contributed by atoms with Gasteiger partial charge in [-0.3, -0.25) is 4.79 Å². The standard InChI is InChI=1S/C18H19FNO/c1-20(11-10-14-4-2-3-5-16(14)12-20)13-18(21)15-6-8-17(19)9-7-15/h2-9H,10-13H2,1H3/q+1/t20-/m1/s1. The predicted octanol–water partition coefficient (Wildman–Crippen LogP) is 3.21. The molecule has 1 atom stereocenters. The van der Waals surface area contributed by atoms with Crippen molar-refractivity contribution in [3.63, 3.8) is 0 Å². The molecule has 0 unspecified atom stereocenters. The Morgan fingerprint density at radius 2 is 1.76 bits per heavy atom. The SMILES string of the molecule is C[N@@+]1(CC(=O)c2ccc(F)cc2)CCc2ccccc2C1. The maximum Gasteiger partial charge on any atom is 0.216 e. The van der Waals surface area contributed by atoms with Gasteiger partial charge >= 0.3 is 0 Å². The van der Waals surface area contributed by atoms with Crippen LogP contribution in [0.3, 0.4) is 0 Å². The molecule has 0 bridgehead atoms. The maximum absolute atomic E-state index is 12.9. The third-order valence-corrected chi connectivity index (χ3v) is 4.28. The van der Waals surface area contributed by atoms with E-state index in [1.165, 1.54) is 23.3 Å². The fraction of sp³-hybridized carbons (Fsp3) is 0.278. The van der Waals surface area contributed by atoms with Crippen molar-refractivity contribution in [1.82, 2.24) is 0 Å². The van der Waals surface area contributed by atoms with Gasteiger partial charge in [-0.2, -0.15) is 0 Å². The van der Waals surface area contributed by atoms with Gasteiger partial charge in [0.1, 0.15) is 18.9 Å². The van der Waals surface area contributed by atoms with Crippen molar-refractivity contribution >= 4 is 5.78 Å². The second kappa shape index (κ2) is 5.41. The van der Waals surface area contributed by atoms with Gasteiger partial charge in [0, 0.05) is 17.5 Å². The van der Waals surface area contributed by atoms with Crippen LogP contribution in [0.15, 0.2) is 48.5 Å². The molecule has 1 aliphatic rings. The van der Waals surface area contributed by atoms with Crippen molar-refractivity contribution in [1.29, 1.82) is 0 Å². The summed E-state index contributed by atoms with van der Waals surface area (Å²) in [7, 11) is 2.12. The van der Waals surface area contributed by atoms with E-state index in [9.17, 15) is 9.18 Å². The van der Waals surface area contributed by atoms with Gasteiger partial charge in [-0.1, -0.05) is 24.3 Å². The van der Waals surface area contributed by atoms with Crippen LogP contribution in [0.2, 0.25) is 0 Å².